The lowest BCUT2D eigenvalue weighted by molar-refractivity contribution is 0.478. The van der Waals surface area contributed by atoms with Crippen molar-refractivity contribution in [3.8, 4) is 11.5 Å². The monoisotopic (exact) mass is 390 g/mol. The fraction of sp³-hybridized carbons (Fsp3) is 0.455. The molecule has 4 nitrogen and oxygen atoms in total. The highest BCUT2D eigenvalue weighted by Crippen LogP contribution is 2.23. The summed E-state index contributed by atoms with van der Waals surface area (Å²) in [4.78, 5) is -0.143. The molecule has 0 unspecified atom stereocenters. The van der Waals surface area contributed by atoms with Gasteiger partial charge in [0.2, 0.25) is 0 Å². The summed E-state index contributed by atoms with van der Waals surface area (Å²) in [5.41, 5.74) is 1.30. The van der Waals surface area contributed by atoms with Gasteiger partial charge in [0.1, 0.15) is 11.5 Å². The van der Waals surface area contributed by atoms with Crippen molar-refractivity contribution in [1.82, 2.24) is 0 Å². The van der Waals surface area contributed by atoms with E-state index in [0.717, 1.165) is 6.42 Å². The summed E-state index contributed by atoms with van der Waals surface area (Å²) < 4.78 is 36.8. The summed E-state index contributed by atoms with van der Waals surface area (Å²) in [5, 5.41) is 0. The third-order valence-corrected chi connectivity index (χ3v) is 5.47. The number of benzene rings is 2. The van der Waals surface area contributed by atoms with E-state index in [-0.39, 0.29) is 4.90 Å². The predicted octanol–water partition coefficient (Wildman–Crippen LogP) is 6.41. The van der Waals surface area contributed by atoms with Gasteiger partial charge in [-0.3, -0.25) is 4.55 Å². The van der Waals surface area contributed by atoms with E-state index in [1.807, 2.05) is 12.1 Å². The number of aryl methyl sites for hydroxylation is 1. The standard InChI is InChI=1S/C22H30O4S/c1-2-3-4-5-6-7-8-9-10-19-11-13-20(14-12-19)26-21-15-17-22(18-16-21)27(23,24)25/h11-18H,2-10H2,1H3,(H,23,24,25). The summed E-state index contributed by atoms with van der Waals surface area (Å²) in [6, 6.07) is 13.7. The Morgan fingerprint density at radius 2 is 1.22 bits per heavy atom. The Morgan fingerprint density at radius 3 is 1.74 bits per heavy atom. The van der Waals surface area contributed by atoms with E-state index in [1.54, 1.807) is 0 Å². The van der Waals surface area contributed by atoms with Crippen LogP contribution >= 0.6 is 0 Å². The molecule has 0 bridgehead atoms. The number of hydrogen-bond acceptors (Lipinski definition) is 3. The second-order valence-electron chi connectivity index (χ2n) is 6.92. The normalized spacial score (nSPS) is 11.5. The second kappa shape index (κ2) is 11.1. The summed E-state index contributed by atoms with van der Waals surface area (Å²) in [6.07, 6.45) is 11.7. The van der Waals surface area contributed by atoms with Crippen molar-refractivity contribution in [1.29, 1.82) is 0 Å². The van der Waals surface area contributed by atoms with Crippen LogP contribution in [0.25, 0.3) is 0 Å². The Kier molecular flexibility index (Phi) is 8.82. The van der Waals surface area contributed by atoms with Crippen molar-refractivity contribution in [2.45, 2.75) is 69.6 Å². The Bertz CT molecular complexity index is 765. The van der Waals surface area contributed by atoms with Crippen LogP contribution in [-0.2, 0) is 16.5 Å². The molecule has 2 aromatic rings. The third kappa shape index (κ3) is 8.14. The predicted molar refractivity (Wildman–Crippen MR) is 109 cm³/mol. The maximum absolute atomic E-state index is 11.0. The Hall–Kier alpha value is -1.85. The second-order valence-corrected chi connectivity index (χ2v) is 8.34. The van der Waals surface area contributed by atoms with Crippen molar-refractivity contribution < 1.29 is 17.7 Å². The van der Waals surface area contributed by atoms with E-state index in [2.05, 4.69) is 19.1 Å². The average Bonchev–Trinajstić information content (AvgIpc) is 2.65. The zero-order valence-electron chi connectivity index (χ0n) is 16.1. The lowest BCUT2D eigenvalue weighted by atomic mass is 10.0. The van der Waals surface area contributed by atoms with E-state index in [4.69, 9.17) is 9.29 Å². The van der Waals surface area contributed by atoms with Gasteiger partial charge in [-0.25, -0.2) is 0 Å². The number of unbranched alkanes of at least 4 members (excludes halogenated alkanes) is 7. The van der Waals surface area contributed by atoms with Crippen LogP contribution in [-0.4, -0.2) is 13.0 Å². The largest absolute Gasteiger partial charge is 0.457 e. The molecule has 0 saturated carbocycles. The van der Waals surface area contributed by atoms with Crippen LogP contribution in [0.3, 0.4) is 0 Å². The van der Waals surface area contributed by atoms with Gasteiger partial charge in [-0.05, 0) is 54.8 Å². The van der Waals surface area contributed by atoms with Gasteiger partial charge < -0.3 is 4.74 Å². The zero-order valence-corrected chi connectivity index (χ0v) is 16.9. The van der Waals surface area contributed by atoms with E-state index < -0.39 is 10.1 Å². The molecule has 0 radical (unpaired) electrons. The van der Waals surface area contributed by atoms with E-state index in [9.17, 15) is 8.42 Å². The van der Waals surface area contributed by atoms with Gasteiger partial charge in [-0.2, -0.15) is 8.42 Å². The van der Waals surface area contributed by atoms with Gasteiger partial charge >= 0.3 is 0 Å². The molecule has 0 aromatic heterocycles. The molecule has 0 heterocycles. The first kappa shape index (κ1) is 21.5. The Morgan fingerprint density at radius 1 is 0.741 bits per heavy atom. The molecule has 0 aliphatic heterocycles. The van der Waals surface area contributed by atoms with Crippen molar-refractivity contribution in [3.05, 3.63) is 54.1 Å². The first-order valence-corrected chi connectivity index (χ1v) is 11.3. The topological polar surface area (TPSA) is 63.6 Å². The highest BCUT2D eigenvalue weighted by Gasteiger charge is 2.09. The third-order valence-electron chi connectivity index (χ3n) is 4.60. The molecule has 0 saturated heterocycles. The SMILES string of the molecule is CCCCCCCCCCc1ccc(Oc2ccc(S(=O)(=O)O)cc2)cc1. The Labute approximate surface area is 163 Å². The molecule has 2 rings (SSSR count). The molecule has 0 fully saturated rings. The highest BCUT2D eigenvalue weighted by molar-refractivity contribution is 7.85. The van der Waals surface area contributed by atoms with E-state index >= 15 is 0 Å². The van der Waals surface area contributed by atoms with Crippen LogP contribution in [0, 0.1) is 0 Å². The van der Waals surface area contributed by atoms with Crippen molar-refractivity contribution >= 4 is 10.1 Å². The van der Waals surface area contributed by atoms with Gasteiger partial charge in [0.15, 0.2) is 0 Å². The van der Waals surface area contributed by atoms with E-state index in [1.165, 1.54) is 81.2 Å². The summed E-state index contributed by atoms with van der Waals surface area (Å²) in [7, 11) is -4.17. The van der Waals surface area contributed by atoms with Crippen LogP contribution in [0.2, 0.25) is 0 Å². The van der Waals surface area contributed by atoms with Gasteiger partial charge in [0, 0.05) is 0 Å². The quantitative estimate of drug-likeness (QED) is 0.336. The molecule has 0 aliphatic rings. The molecule has 27 heavy (non-hydrogen) atoms. The maximum Gasteiger partial charge on any atom is 0.294 e. The fourth-order valence-corrected chi connectivity index (χ4v) is 3.48. The van der Waals surface area contributed by atoms with Gasteiger partial charge in [0.25, 0.3) is 10.1 Å². The number of hydrogen-bond donors (Lipinski definition) is 1. The van der Waals surface area contributed by atoms with Crippen LogP contribution in [0.5, 0.6) is 11.5 Å². The molecule has 5 heteroatoms. The summed E-state index contributed by atoms with van der Waals surface area (Å²) >= 11 is 0. The summed E-state index contributed by atoms with van der Waals surface area (Å²) in [6.45, 7) is 2.25. The first-order chi connectivity index (χ1) is 13.0. The van der Waals surface area contributed by atoms with Gasteiger partial charge in [-0.15, -0.1) is 0 Å². The lowest BCUT2D eigenvalue weighted by Gasteiger charge is -2.07. The molecule has 0 atom stereocenters. The maximum atomic E-state index is 11.0. The highest BCUT2D eigenvalue weighted by atomic mass is 32.2. The van der Waals surface area contributed by atoms with Crippen molar-refractivity contribution in [2.75, 3.05) is 0 Å². The molecular weight excluding hydrogens is 360 g/mol. The summed E-state index contributed by atoms with van der Waals surface area (Å²) in [5.74, 6) is 1.23. The lowest BCUT2D eigenvalue weighted by Crippen LogP contribution is -1.97. The molecule has 0 amide bonds. The van der Waals surface area contributed by atoms with Gasteiger partial charge in [0.05, 0.1) is 4.90 Å². The number of rotatable bonds is 12. The molecular formula is C22H30O4S. The van der Waals surface area contributed by atoms with Crippen molar-refractivity contribution in [3.63, 3.8) is 0 Å². The minimum Gasteiger partial charge on any atom is -0.457 e. The minimum absolute atomic E-state index is 0.143. The molecule has 1 N–H and O–H groups in total. The molecule has 148 valence electrons. The van der Waals surface area contributed by atoms with Crippen LogP contribution in [0.4, 0.5) is 0 Å². The Balaban J connectivity index is 1.72. The first-order valence-electron chi connectivity index (χ1n) is 9.83. The van der Waals surface area contributed by atoms with E-state index in [0.29, 0.717) is 11.5 Å². The van der Waals surface area contributed by atoms with Crippen molar-refractivity contribution in [2.24, 2.45) is 0 Å². The molecule has 0 spiro atoms. The van der Waals surface area contributed by atoms with Gasteiger partial charge in [-0.1, -0.05) is 64.0 Å². The van der Waals surface area contributed by atoms with Crippen LogP contribution in [0.15, 0.2) is 53.4 Å². The minimum atomic E-state index is -4.17. The molecule has 0 aliphatic carbocycles. The zero-order chi connectivity index (χ0) is 19.5. The average molecular weight is 391 g/mol. The fourth-order valence-electron chi connectivity index (χ4n) is 3.00. The smallest absolute Gasteiger partial charge is 0.294 e. The van der Waals surface area contributed by atoms with Crippen LogP contribution in [0.1, 0.15) is 63.9 Å². The number of ether oxygens (including phenoxy) is 1. The molecule has 2 aromatic carbocycles. The van der Waals surface area contributed by atoms with Crippen LogP contribution < -0.4 is 4.74 Å².